The fraction of sp³-hybridized carbons (Fsp3) is 0.467. The minimum atomic E-state index is -0.549. The van der Waals surface area contributed by atoms with Crippen LogP contribution in [0.4, 0.5) is 0 Å². The van der Waals surface area contributed by atoms with Crippen LogP contribution in [0.5, 0.6) is 0 Å². The minimum absolute atomic E-state index is 0.226. The first-order valence-corrected chi connectivity index (χ1v) is 6.47. The second kappa shape index (κ2) is 5.13. The summed E-state index contributed by atoms with van der Waals surface area (Å²) in [6, 6.07) is 9.72. The Hall–Kier alpha value is -1.68. The molecule has 1 fully saturated rings. The highest BCUT2D eigenvalue weighted by Gasteiger charge is 2.41. The molecular weight excluding hydrogens is 242 g/mol. The number of benzene rings is 1. The van der Waals surface area contributed by atoms with Crippen LogP contribution in [-0.2, 0) is 20.8 Å². The van der Waals surface area contributed by atoms with Crippen molar-refractivity contribution in [1.29, 1.82) is 0 Å². The lowest BCUT2D eigenvalue weighted by atomic mass is 9.98. The van der Waals surface area contributed by atoms with Gasteiger partial charge in [-0.1, -0.05) is 30.3 Å². The molecule has 2 rings (SSSR count). The van der Waals surface area contributed by atoms with Crippen molar-refractivity contribution in [1.82, 2.24) is 5.06 Å². The Morgan fingerprint density at radius 1 is 1.21 bits per heavy atom. The average molecular weight is 261 g/mol. The van der Waals surface area contributed by atoms with Crippen LogP contribution < -0.4 is 0 Å². The second-order valence-electron chi connectivity index (χ2n) is 5.82. The molecule has 1 aromatic rings. The maximum Gasteiger partial charge on any atom is 0.257 e. The molecule has 1 aliphatic heterocycles. The second-order valence-corrected chi connectivity index (χ2v) is 5.82. The van der Waals surface area contributed by atoms with Gasteiger partial charge in [0, 0.05) is 6.42 Å². The van der Waals surface area contributed by atoms with Crippen LogP contribution in [0, 0.1) is 5.92 Å². The zero-order valence-electron chi connectivity index (χ0n) is 11.6. The van der Waals surface area contributed by atoms with Crippen LogP contribution in [0.3, 0.4) is 0 Å². The van der Waals surface area contributed by atoms with Gasteiger partial charge in [-0.25, -0.2) is 0 Å². The minimum Gasteiger partial charge on any atom is -0.272 e. The third kappa shape index (κ3) is 3.41. The first-order valence-electron chi connectivity index (χ1n) is 6.47. The largest absolute Gasteiger partial charge is 0.272 e. The number of hydrogen-bond donors (Lipinski definition) is 0. The van der Waals surface area contributed by atoms with Gasteiger partial charge in [-0.15, -0.1) is 0 Å². The van der Waals surface area contributed by atoms with Crippen LogP contribution in [-0.4, -0.2) is 22.5 Å². The van der Waals surface area contributed by atoms with Gasteiger partial charge in [-0.2, -0.15) is 5.06 Å². The molecule has 1 aliphatic rings. The van der Waals surface area contributed by atoms with Gasteiger partial charge in [0.1, 0.15) is 0 Å². The van der Waals surface area contributed by atoms with Crippen LogP contribution in [0.15, 0.2) is 30.3 Å². The van der Waals surface area contributed by atoms with Crippen molar-refractivity contribution < 1.29 is 14.4 Å². The molecule has 0 spiro atoms. The molecule has 0 saturated carbocycles. The smallest absolute Gasteiger partial charge is 0.257 e. The molecule has 102 valence electrons. The molecule has 1 saturated heterocycles. The maximum atomic E-state index is 12.2. The van der Waals surface area contributed by atoms with E-state index in [0.29, 0.717) is 6.42 Å². The normalized spacial score (nSPS) is 20.2. The van der Waals surface area contributed by atoms with E-state index in [9.17, 15) is 9.59 Å². The highest BCUT2D eigenvalue weighted by molar-refractivity contribution is 6.02. The molecule has 0 unspecified atom stereocenters. The number of imide groups is 1. The molecular formula is C15H19NO3. The van der Waals surface area contributed by atoms with E-state index in [0.717, 1.165) is 10.6 Å². The first kappa shape index (κ1) is 13.7. The molecule has 0 aromatic heterocycles. The molecule has 1 atom stereocenters. The van der Waals surface area contributed by atoms with Crippen LogP contribution in [0.2, 0.25) is 0 Å². The van der Waals surface area contributed by atoms with E-state index in [4.69, 9.17) is 4.84 Å². The highest BCUT2D eigenvalue weighted by Crippen LogP contribution is 2.26. The molecule has 4 heteroatoms. The van der Waals surface area contributed by atoms with Crippen molar-refractivity contribution in [2.45, 2.75) is 39.2 Å². The SMILES string of the molecule is CC(C)(C)ON1C(=O)C[C@H](Cc2ccccc2)C1=O. The highest BCUT2D eigenvalue weighted by atomic mass is 16.7. The maximum absolute atomic E-state index is 12.2. The van der Waals surface area contributed by atoms with Crippen molar-refractivity contribution in [3.8, 4) is 0 Å². The van der Waals surface area contributed by atoms with Gasteiger partial charge in [0.25, 0.3) is 11.8 Å². The number of hydroxylamine groups is 2. The van der Waals surface area contributed by atoms with Gasteiger partial charge in [0.2, 0.25) is 0 Å². The molecule has 19 heavy (non-hydrogen) atoms. The van der Waals surface area contributed by atoms with E-state index in [-0.39, 0.29) is 24.2 Å². The van der Waals surface area contributed by atoms with Crippen LogP contribution in [0.1, 0.15) is 32.8 Å². The third-order valence-corrected chi connectivity index (χ3v) is 2.89. The van der Waals surface area contributed by atoms with E-state index in [1.54, 1.807) is 0 Å². The van der Waals surface area contributed by atoms with E-state index in [1.807, 2.05) is 51.1 Å². The number of nitrogens with zero attached hydrogens (tertiary/aromatic N) is 1. The molecule has 0 N–H and O–H groups in total. The van der Waals surface area contributed by atoms with Gasteiger partial charge in [0.15, 0.2) is 0 Å². The van der Waals surface area contributed by atoms with E-state index in [2.05, 4.69) is 0 Å². The fourth-order valence-electron chi connectivity index (χ4n) is 2.10. The molecule has 1 aromatic carbocycles. The van der Waals surface area contributed by atoms with Gasteiger partial charge in [0.05, 0.1) is 11.5 Å². The Bertz CT molecular complexity index is 476. The summed E-state index contributed by atoms with van der Waals surface area (Å²) in [7, 11) is 0. The number of rotatable bonds is 3. The molecule has 0 radical (unpaired) electrons. The number of amides is 2. The van der Waals surface area contributed by atoms with Crippen LogP contribution in [0.25, 0.3) is 0 Å². The summed E-state index contributed by atoms with van der Waals surface area (Å²) in [5, 5.41) is 0.938. The lowest BCUT2D eigenvalue weighted by Gasteiger charge is -2.24. The lowest BCUT2D eigenvalue weighted by Crippen LogP contribution is -2.38. The molecule has 0 bridgehead atoms. The lowest BCUT2D eigenvalue weighted by molar-refractivity contribution is -0.219. The van der Waals surface area contributed by atoms with Crippen molar-refractivity contribution >= 4 is 11.8 Å². The van der Waals surface area contributed by atoms with E-state index < -0.39 is 5.60 Å². The summed E-state index contributed by atoms with van der Waals surface area (Å²) in [5.74, 6) is -0.790. The van der Waals surface area contributed by atoms with E-state index >= 15 is 0 Å². The molecule has 1 heterocycles. The predicted molar refractivity (Wildman–Crippen MR) is 70.9 cm³/mol. The zero-order chi connectivity index (χ0) is 14.0. The van der Waals surface area contributed by atoms with Crippen molar-refractivity contribution in [3.05, 3.63) is 35.9 Å². The first-order chi connectivity index (χ1) is 8.87. The zero-order valence-corrected chi connectivity index (χ0v) is 11.6. The van der Waals surface area contributed by atoms with Crippen LogP contribution >= 0.6 is 0 Å². The fourth-order valence-corrected chi connectivity index (χ4v) is 2.10. The Morgan fingerprint density at radius 2 is 1.84 bits per heavy atom. The monoisotopic (exact) mass is 261 g/mol. The summed E-state index contributed by atoms with van der Waals surface area (Å²) in [6.45, 7) is 5.45. The third-order valence-electron chi connectivity index (χ3n) is 2.89. The van der Waals surface area contributed by atoms with Gasteiger partial charge in [-0.3, -0.25) is 14.4 Å². The van der Waals surface area contributed by atoms with Crippen molar-refractivity contribution in [2.24, 2.45) is 5.92 Å². The summed E-state index contributed by atoms with van der Waals surface area (Å²) in [6.07, 6.45) is 0.805. The Morgan fingerprint density at radius 3 is 2.42 bits per heavy atom. The summed E-state index contributed by atoms with van der Waals surface area (Å²) in [4.78, 5) is 29.4. The Balaban J connectivity index is 2.06. The summed E-state index contributed by atoms with van der Waals surface area (Å²) < 4.78 is 0. The van der Waals surface area contributed by atoms with Crippen molar-refractivity contribution in [2.75, 3.05) is 0 Å². The Labute approximate surface area is 113 Å². The number of carbonyl (C=O) groups excluding carboxylic acids is 2. The molecule has 0 aliphatic carbocycles. The van der Waals surface area contributed by atoms with Gasteiger partial charge in [-0.05, 0) is 32.8 Å². The topological polar surface area (TPSA) is 46.6 Å². The average Bonchev–Trinajstić information content (AvgIpc) is 2.57. The summed E-state index contributed by atoms with van der Waals surface area (Å²) in [5.41, 5.74) is 0.513. The molecule has 2 amide bonds. The molecule has 4 nitrogen and oxygen atoms in total. The van der Waals surface area contributed by atoms with E-state index in [1.165, 1.54) is 0 Å². The predicted octanol–water partition coefficient (Wildman–Crippen LogP) is 2.33. The Kier molecular flexibility index (Phi) is 3.71. The standard InChI is InChI=1S/C15H19NO3/c1-15(2,3)19-16-13(17)10-12(14(16)18)9-11-7-5-4-6-8-11/h4-8,12H,9-10H2,1-3H3/t12-/m0/s1. The number of hydrogen-bond acceptors (Lipinski definition) is 3. The summed E-state index contributed by atoms with van der Waals surface area (Å²) >= 11 is 0. The van der Waals surface area contributed by atoms with Gasteiger partial charge < -0.3 is 0 Å². The number of carbonyl (C=O) groups is 2. The van der Waals surface area contributed by atoms with Gasteiger partial charge >= 0.3 is 0 Å². The van der Waals surface area contributed by atoms with Crippen molar-refractivity contribution in [3.63, 3.8) is 0 Å². The quantitative estimate of drug-likeness (QED) is 0.785.